The summed E-state index contributed by atoms with van der Waals surface area (Å²) in [6.07, 6.45) is 0. The first kappa shape index (κ1) is 19.3. The average molecular weight is 434 g/mol. The van der Waals surface area contributed by atoms with E-state index in [0.717, 1.165) is 16.5 Å². The number of rotatable bonds is 6. The van der Waals surface area contributed by atoms with Gasteiger partial charge in [-0.1, -0.05) is 59.2 Å². The number of nitrogens with zero attached hydrogens (tertiary/aromatic N) is 2. The van der Waals surface area contributed by atoms with E-state index < -0.39 is 0 Å². The van der Waals surface area contributed by atoms with Crippen LogP contribution in [0.3, 0.4) is 0 Å². The van der Waals surface area contributed by atoms with Crippen molar-refractivity contribution in [2.75, 3.05) is 13.7 Å². The van der Waals surface area contributed by atoms with Gasteiger partial charge < -0.3 is 9.72 Å². The number of benzene rings is 2. The first-order valence-corrected chi connectivity index (χ1v) is 10.4. The number of hydrogen-bond acceptors (Lipinski definition) is 4. The molecule has 0 fully saturated rings. The summed E-state index contributed by atoms with van der Waals surface area (Å²) in [7, 11) is 1.61. The van der Waals surface area contributed by atoms with Gasteiger partial charge in [-0.25, -0.2) is 4.98 Å². The molecule has 4 rings (SSSR count). The maximum atomic E-state index is 13.1. The SMILES string of the molecule is COCCn1c(SCc2ccc(Cl)cc2Cl)nc2c([nH]c3ccccc32)c1=O. The summed E-state index contributed by atoms with van der Waals surface area (Å²) in [4.78, 5) is 21.1. The first-order chi connectivity index (χ1) is 13.6. The standard InChI is InChI=1S/C20H17Cl2N3O2S/c1-27-9-8-25-19(26)18-17(14-4-2-3-5-16(14)23-18)24-20(25)28-11-12-6-7-13(21)10-15(12)22/h2-7,10,23H,8-9,11H2,1H3. The van der Waals surface area contributed by atoms with Crippen LogP contribution in [-0.2, 0) is 17.0 Å². The van der Waals surface area contributed by atoms with Crippen molar-refractivity contribution in [2.24, 2.45) is 0 Å². The van der Waals surface area contributed by atoms with Crippen molar-refractivity contribution >= 4 is 56.9 Å². The Kier molecular flexibility index (Phi) is 5.64. The van der Waals surface area contributed by atoms with Gasteiger partial charge >= 0.3 is 0 Å². The molecule has 2 heterocycles. The molecule has 0 atom stereocenters. The highest BCUT2D eigenvalue weighted by atomic mass is 35.5. The third-order valence-electron chi connectivity index (χ3n) is 4.47. The summed E-state index contributed by atoms with van der Waals surface area (Å²) in [6, 6.07) is 13.2. The molecule has 0 aliphatic carbocycles. The molecule has 4 aromatic rings. The minimum absolute atomic E-state index is 0.108. The number of ether oxygens (including phenoxy) is 1. The average Bonchev–Trinajstić information content (AvgIpc) is 3.06. The second-order valence-corrected chi connectivity index (χ2v) is 8.05. The van der Waals surface area contributed by atoms with E-state index in [9.17, 15) is 4.79 Å². The fraction of sp³-hybridized carbons (Fsp3) is 0.200. The predicted molar refractivity (Wildman–Crippen MR) is 116 cm³/mol. The lowest BCUT2D eigenvalue weighted by Crippen LogP contribution is -2.25. The molecule has 0 unspecified atom stereocenters. The molecule has 1 N–H and O–H groups in total. The van der Waals surface area contributed by atoms with Crippen molar-refractivity contribution in [3.05, 3.63) is 68.4 Å². The van der Waals surface area contributed by atoms with Gasteiger partial charge in [0.25, 0.3) is 5.56 Å². The van der Waals surface area contributed by atoms with E-state index in [1.54, 1.807) is 23.8 Å². The molecular formula is C20H17Cl2N3O2S. The van der Waals surface area contributed by atoms with Crippen molar-refractivity contribution in [3.8, 4) is 0 Å². The van der Waals surface area contributed by atoms with E-state index in [2.05, 4.69) is 4.98 Å². The summed E-state index contributed by atoms with van der Waals surface area (Å²) in [5.74, 6) is 0.573. The summed E-state index contributed by atoms with van der Waals surface area (Å²) in [5.41, 5.74) is 2.90. The van der Waals surface area contributed by atoms with Gasteiger partial charge in [0.15, 0.2) is 5.16 Å². The number of halogens is 2. The molecule has 2 aromatic carbocycles. The lowest BCUT2D eigenvalue weighted by molar-refractivity contribution is 0.183. The Morgan fingerprint density at radius 2 is 2.04 bits per heavy atom. The third-order valence-corrected chi connectivity index (χ3v) is 6.08. The Balaban J connectivity index is 1.80. The van der Waals surface area contributed by atoms with Crippen molar-refractivity contribution in [1.82, 2.24) is 14.5 Å². The van der Waals surface area contributed by atoms with E-state index in [1.807, 2.05) is 30.3 Å². The highest BCUT2D eigenvalue weighted by Gasteiger charge is 2.16. The zero-order chi connectivity index (χ0) is 19.7. The van der Waals surface area contributed by atoms with Gasteiger partial charge in [0.05, 0.1) is 13.2 Å². The molecule has 0 spiro atoms. The van der Waals surface area contributed by atoms with Gasteiger partial charge in [0, 0.05) is 33.8 Å². The molecule has 0 saturated carbocycles. The van der Waals surface area contributed by atoms with Crippen molar-refractivity contribution < 1.29 is 4.74 Å². The van der Waals surface area contributed by atoms with Gasteiger partial charge in [-0.3, -0.25) is 9.36 Å². The Hall–Kier alpha value is -1.99. The number of aromatic amines is 1. The highest BCUT2D eigenvalue weighted by Crippen LogP contribution is 2.29. The first-order valence-electron chi connectivity index (χ1n) is 8.65. The number of para-hydroxylation sites is 1. The summed E-state index contributed by atoms with van der Waals surface area (Å²) in [5, 5.41) is 2.75. The Morgan fingerprint density at radius 3 is 2.82 bits per heavy atom. The number of hydrogen-bond donors (Lipinski definition) is 1. The van der Waals surface area contributed by atoms with Crippen LogP contribution in [0.15, 0.2) is 52.4 Å². The molecule has 2 aromatic heterocycles. The van der Waals surface area contributed by atoms with Crippen LogP contribution in [0.2, 0.25) is 10.0 Å². The molecule has 0 radical (unpaired) electrons. The second-order valence-electron chi connectivity index (χ2n) is 6.26. The van der Waals surface area contributed by atoms with Crippen LogP contribution < -0.4 is 5.56 Å². The molecule has 0 amide bonds. The fourth-order valence-electron chi connectivity index (χ4n) is 3.05. The molecule has 0 aliphatic rings. The van der Waals surface area contributed by atoms with Crippen LogP contribution in [0.5, 0.6) is 0 Å². The number of nitrogens with one attached hydrogen (secondary N) is 1. The molecule has 0 aliphatic heterocycles. The Bertz CT molecular complexity index is 1220. The molecule has 28 heavy (non-hydrogen) atoms. The van der Waals surface area contributed by atoms with Crippen molar-refractivity contribution in [3.63, 3.8) is 0 Å². The smallest absolute Gasteiger partial charge is 0.278 e. The fourth-order valence-corrected chi connectivity index (χ4v) is 4.62. The summed E-state index contributed by atoms with van der Waals surface area (Å²) in [6.45, 7) is 0.840. The number of methoxy groups -OCH3 is 1. The zero-order valence-electron chi connectivity index (χ0n) is 15.0. The van der Waals surface area contributed by atoms with Gasteiger partial charge in [-0.2, -0.15) is 0 Å². The quantitative estimate of drug-likeness (QED) is 0.338. The maximum Gasteiger partial charge on any atom is 0.278 e. The monoisotopic (exact) mass is 433 g/mol. The maximum absolute atomic E-state index is 13.1. The minimum atomic E-state index is -0.108. The number of fused-ring (bicyclic) bond motifs is 3. The molecule has 144 valence electrons. The molecule has 0 saturated heterocycles. The van der Waals surface area contributed by atoms with Crippen LogP contribution >= 0.6 is 35.0 Å². The van der Waals surface area contributed by atoms with Crippen LogP contribution in [0.25, 0.3) is 21.9 Å². The summed E-state index contributed by atoms with van der Waals surface area (Å²) >= 11 is 13.7. The molecule has 5 nitrogen and oxygen atoms in total. The van der Waals surface area contributed by atoms with Gasteiger partial charge in [0.1, 0.15) is 11.0 Å². The van der Waals surface area contributed by atoms with Crippen molar-refractivity contribution in [2.45, 2.75) is 17.5 Å². The lowest BCUT2D eigenvalue weighted by Gasteiger charge is -2.12. The lowest BCUT2D eigenvalue weighted by atomic mass is 10.2. The van der Waals surface area contributed by atoms with E-state index >= 15 is 0 Å². The molecule has 0 bridgehead atoms. The van der Waals surface area contributed by atoms with Crippen LogP contribution in [0, 0.1) is 0 Å². The topological polar surface area (TPSA) is 59.9 Å². The zero-order valence-corrected chi connectivity index (χ0v) is 17.4. The van der Waals surface area contributed by atoms with Gasteiger partial charge in [0.2, 0.25) is 0 Å². The van der Waals surface area contributed by atoms with Crippen LogP contribution in [0.1, 0.15) is 5.56 Å². The molecule has 8 heteroatoms. The summed E-state index contributed by atoms with van der Waals surface area (Å²) < 4.78 is 6.83. The van der Waals surface area contributed by atoms with E-state index in [4.69, 9.17) is 32.9 Å². The number of aromatic nitrogens is 3. The Labute approximate surface area is 175 Å². The largest absolute Gasteiger partial charge is 0.383 e. The number of H-pyrrole nitrogens is 1. The van der Waals surface area contributed by atoms with E-state index in [1.165, 1.54) is 11.8 Å². The van der Waals surface area contributed by atoms with Crippen molar-refractivity contribution in [1.29, 1.82) is 0 Å². The molecular weight excluding hydrogens is 417 g/mol. The van der Waals surface area contributed by atoms with Crippen LogP contribution in [-0.4, -0.2) is 28.3 Å². The number of thioether (sulfide) groups is 1. The third kappa shape index (κ3) is 3.65. The minimum Gasteiger partial charge on any atom is -0.383 e. The van der Waals surface area contributed by atoms with E-state index in [0.29, 0.717) is 45.1 Å². The predicted octanol–water partition coefficient (Wildman–Crippen LogP) is 5.12. The highest BCUT2D eigenvalue weighted by molar-refractivity contribution is 7.98. The Morgan fingerprint density at radius 1 is 1.21 bits per heavy atom. The van der Waals surface area contributed by atoms with E-state index in [-0.39, 0.29) is 5.56 Å². The van der Waals surface area contributed by atoms with Gasteiger partial charge in [-0.05, 0) is 23.8 Å². The van der Waals surface area contributed by atoms with Crippen LogP contribution in [0.4, 0.5) is 0 Å². The van der Waals surface area contributed by atoms with Gasteiger partial charge in [-0.15, -0.1) is 0 Å². The normalized spacial score (nSPS) is 11.5. The second kappa shape index (κ2) is 8.17.